The lowest BCUT2D eigenvalue weighted by atomic mass is 10.1. The summed E-state index contributed by atoms with van der Waals surface area (Å²) in [7, 11) is 1.95. The summed E-state index contributed by atoms with van der Waals surface area (Å²) < 4.78 is 1.94. The summed E-state index contributed by atoms with van der Waals surface area (Å²) >= 11 is 0. The molecule has 3 nitrogen and oxygen atoms in total. The second kappa shape index (κ2) is 3.81. The third-order valence-corrected chi connectivity index (χ3v) is 2.40. The highest BCUT2D eigenvalue weighted by molar-refractivity contribution is 5.37. The van der Waals surface area contributed by atoms with Crippen molar-refractivity contribution < 1.29 is 0 Å². The van der Waals surface area contributed by atoms with Crippen LogP contribution in [0.25, 0.3) is 0 Å². The second-order valence-corrected chi connectivity index (χ2v) is 3.98. The van der Waals surface area contributed by atoms with Crippen molar-refractivity contribution in [2.75, 3.05) is 5.73 Å². The molecule has 1 aromatic heterocycles. The highest BCUT2D eigenvalue weighted by Gasteiger charge is 2.08. The molecule has 0 aromatic carbocycles. The molecule has 1 heterocycles. The van der Waals surface area contributed by atoms with Crippen LogP contribution in [0.2, 0.25) is 0 Å². The van der Waals surface area contributed by atoms with Gasteiger partial charge in [0, 0.05) is 7.05 Å². The maximum absolute atomic E-state index is 5.89. The molecule has 13 heavy (non-hydrogen) atoms. The minimum atomic E-state index is 0.710. The first-order valence-corrected chi connectivity index (χ1v) is 4.80. The lowest BCUT2D eigenvalue weighted by Gasteiger charge is -2.02. The van der Waals surface area contributed by atoms with E-state index in [9.17, 15) is 0 Å². The Hall–Kier alpha value is -0.990. The van der Waals surface area contributed by atoms with Gasteiger partial charge in [0.1, 0.15) is 11.6 Å². The molecule has 0 fully saturated rings. The molecular formula is C10H19N3. The molecule has 0 atom stereocenters. The number of hydrogen-bond acceptors (Lipinski definition) is 2. The van der Waals surface area contributed by atoms with Crippen molar-refractivity contribution in [3.63, 3.8) is 0 Å². The van der Waals surface area contributed by atoms with Crippen molar-refractivity contribution >= 4 is 5.82 Å². The van der Waals surface area contributed by atoms with E-state index in [-0.39, 0.29) is 0 Å². The van der Waals surface area contributed by atoms with Gasteiger partial charge in [-0.2, -0.15) is 0 Å². The van der Waals surface area contributed by atoms with Gasteiger partial charge in [-0.3, -0.25) is 0 Å². The van der Waals surface area contributed by atoms with Crippen molar-refractivity contribution in [1.29, 1.82) is 0 Å². The van der Waals surface area contributed by atoms with Crippen molar-refractivity contribution in [1.82, 2.24) is 9.55 Å². The molecule has 0 aliphatic heterocycles. The fourth-order valence-corrected chi connectivity index (χ4v) is 1.30. The zero-order valence-corrected chi connectivity index (χ0v) is 8.96. The first-order chi connectivity index (χ1) is 6.02. The Morgan fingerprint density at radius 1 is 1.46 bits per heavy atom. The monoisotopic (exact) mass is 181 g/mol. The van der Waals surface area contributed by atoms with E-state index in [4.69, 9.17) is 5.73 Å². The highest BCUT2D eigenvalue weighted by Crippen LogP contribution is 2.15. The average Bonchev–Trinajstić information content (AvgIpc) is 2.29. The summed E-state index contributed by atoms with van der Waals surface area (Å²) in [5.74, 6) is 2.52. The van der Waals surface area contributed by atoms with Gasteiger partial charge in [0.25, 0.3) is 0 Å². The van der Waals surface area contributed by atoms with Gasteiger partial charge in [0.2, 0.25) is 0 Å². The first kappa shape index (κ1) is 10.1. The normalized spacial score (nSPS) is 11.2. The molecule has 0 radical (unpaired) electrons. The molecule has 2 N–H and O–H groups in total. The van der Waals surface area contributed by atoms with E-state index < -0.39 is 0 Å². The summed E-state index contributed by atoms with van der Waals surface area (Å²) in [6.45, 7) is 6.41. The number of aromatic nitrogens is 2. The molecule has 0 aliphatic carbocycles. The summed E-state index contributed by atoms with van der Waals surface area (Å²) in [5.41, 5.74) is 6.94. The van der Waals surface area contributed by atoms with E-state index >= 15 is 0 Å². The smallest absolute Gasteiger partial charge is 0.126 e. The zero-order chi connectivity index (χ0) is 10.0. The van der Waals surface area contributed by atoms with Gasteiger partial charge in [-0.25, -0.2) is 4.98 Å². The van der Waals surface area contributed by atoms with E-state index in [1.54, 1.807) is 0 Å². The molecule has 74 valence electrons. The van der Waals surface area contributed by atoms with E-state index in [0.29, 0.717) is 5.92 Å². The number of nitrogens with two attached hydrogens (primary N) is 1. The topological polar surface area (TPSA) is 43.8 Å². The van der Waals surface area contributed by atoms with Crippen LogP contribution in [-0.4, -0.2) is 9.55 Å². The molecule has 3 heteroatoms. The fraction of sp³-hybridized carbons (Fsp3) is 0.700. The van der Waals surface area contributed by atoms with Crippen LogP contribution in [0.3, 0.4) is 0 Å². The van der Waals surface area contributed by atoms with E-state index in [1.165, 1.54) is 0 Å². The lowest BCUT2D eigenvalue weighted by Crippen LogP contribution is -2.00. The maximum atomic E-state index is 5.89. The lowest BCUT2D eigenvalue weighted by molar-refractivity contribution is 0.582. The molecule has 1 rings (SSSR count). The Morgan fingerprint density at radius 3 is 2.46 bits per heavy atom. The van der Waals surface area contributed by atoms with Crippen LogP contribution in [0.15, 0.2) is 0 Å². The third-order valence-electron chi connectivity index (χ3n) is 2.40. The summed E-state index contributed by atoms with van der Waals surface area (Å²) in [6, 6.07) is 0. The summed E-state index contributed by atoms with van der Waals surface area (Å²) in [5, 5.41) is 0. The fourth-order valence-electron chi connectivity index (χ4n) is 1.30. The Balaban J connectivity index is 2.72. The minimum Gasteiger partial charge on any atom is -0.384 e. The Bertz CT molecular complexity index is 287. The average molecular weight is 181 g/mol. The van der Waals surface area contributed by atoms with Crippen molar-refractivity contribution in [2.45, 2.75) is 33.6 Å². The van der Waals surface area contributed by atoms with E-state index in [2.05, 4.69) is 18.8 Å². The van der Waals surface area contributed by atoms with Gasteiger partial charge < -0.3 is 10.3 Å². The van der Waals surface area contributed by atoms with E-state index in [0.717, 1.165) is 30.2 Å². The predicted octanol–water partition coefficient (Wildman–Crippen LogP) is 1.90. The van der Waals surface area contributed by atoms with Crippen LogP contribution in [0.1, 0.15) is 31.8 Å². The maximum Gasteiger partial charge on any atom is 0.126 e. The molecule has 0 saturated heterocycles. The second-order valence-electron chi connectivity index (χ2n) is 3.98. The van der Waals surface area contributed by atoms with E-state index in [1.807, 2.05) is 18.5 Å². The van der Waals surface area contributed by atoms with Crippen LogP contribution in [0.4, 0.5) is 5.82 Å². The van der Waals surface area contributed by atoms with Gasteiger partial charge in [0.05, 0.1) is 5.69 Å². The molecule has 0 bridgehead atoms. The Labute approximate surface area is 80.0 Å². The molecule has 0 unspecified atom stereocenters. The summed E-state index contributed by atoms with van der Waals surface area (Å²) in [4.78, 5) is 4.42. The molecular weight excluding hydrogens is 162 g/mol. The number of nitrogens with zero attached hydrogens (tertiary/aromatic N) is 2. The van der Waals surface area contributed by atoms with Crippen LogP contribution in [0.5, 0.6) is 0 Å². The van der Waals surface area contributed by atoms with Crippen LogP contribution in [-0.2, 0) is 13.5 Å². The number of rotatable bonds is 3. The molecule has 0 saturated carbocycles. The van der Waals surface area contributed by atoms with Crippen molar-refractivity contribution in [3.05, 3.63) is 11.5 Å². The number of nitrogen functional groups attached to an aromatic ring is 1. The van der Waals surface area contributed by atoms with Gasteiger partial charge >= 0.3 is 0 Å². The van der Waals surface area contributed by atoms with Gasteiger partial charge in [0.15, 0.2) is 0 Å². The van der Waals surface area contributed by atoms with Gasteiger partial charge in [-0.1, -0.05) is 13.8 Å². The van der Waals surface area contributed by atoms with Crippen LogP contribution in [0, 0.1) is 12.8 Å². The Morgan fingerprint density at radius 2 is 2.08 bits per heavy atom. The first-order valence-electron chi connectivity index (χ1n) is 4.80. The minimum absolute atomic E-state index is 0.710. The largest absolute Gasteiger partial charge is 0.384 e. The Kier molecular flexibility index (Phi) is 2.96. The molecule has 1 aromatic rings. The number of anilines is 1. The SMILES string of the molecule is Cc1nc(CCC(C)C)c(N)n1C. The van der Waals surface area contributed by atoms with Crippen LogP contribution < -0.4 is 5.73 Å². The third kappa shape index (κ3) is 2.23. The van der Waals surface area contributed by atoms with Crippen molar-refractivity contribution in [2.24, 2.45) is 13.0 Å². The number of imidazole rings is 1. The quantitative estimate of drug-likeness (QED) is 0.774. The van der Waals surface area contributed by atoms with Gasteiger partial charge in [-0.15, -0.1) is 0 Å². The zero-order valence-electron chi connectivity index (χ0n) is 8.96. The van der Waals surface area contributed by atoms with Crippen molar-refractivity contribution in [3.8, 4) is 0 Å². The van der Waals surface area contributed by atoms with Gasteiger partial charge in [-0.05, 0) is 25.7 Å². The summed E-state index contributed by atoms with van der Waals surface area (Å²) in [6.07, 6.45) is 2.14. The number of aryl methyl sites for hydroxylation is 2. The standard InChI is InChI=1S/C10H19N3/c1-7(2)5-6-9-10(11)13(4)8(3)12-9/h7H,5-6,11H2,1-4H3. The predicted molar refractivity (Wildman–Crippen MR) is 55.5 cm³/mol. The van der Waals surface area contributed by atoms with Crippen LogP contribution >= 0.6 is 0 Å². The highest BCUT2D eigenvalue weighted by atomic mass is 15.1. The molecule has 0 spiro atoms. The molecule has 0 aliphatic rings. The molecule has 0 amide bonds. The number of hydrogen-bond donors (Lipinski definition) is 1.